The van der Waals surface area contributed by atoms with Crippen LogP contribution in [0.15, 0.2) is 24.3 Å². The van der Waals surface area contributed by atoms with Gasteiger partial charge in [0.15, 0.2) is 0 Å². The van der Waals surface area contributed by atoms with Crippen molar-refractivity contribution in [1.82, 2.24) is 4.90 Å². The van der Waals surface area contributed by atoms with Gasteiger partial charge in [-0.25, -0.2) is 0 Å². The van der Waals surface area contributed by atoms with Crippen molar-refractivity contribution in [3.8, 4) is 0 Å². The quantitative estimate of drug-likeness (QED) is 0.787. The van der Waals surface area contributed by atoms with E-state index in [0.717, 1.165) is 42.9 Å². The fraction of sp³-hybridized carbons (Fsp3) is 0.682. The van der Waals surface area contributed by atoms with Crippen molar-refractivity contribution in [2.45, 2.75) is 83.3 Å². The van der Waals surface area contributed by atoms with E-state index < -0.39 is 5.60 Å². The lowest BCUT2D eigenvalue weighted by Crippen LogP contribution is -2.42. The largest absolute Gasteiger partial charge is 0.390 e. The van der Waals surface area contributed by atoms with Crippen LogP contribution in [0.3, 0.4) is 0 Å². The second-order valence-corrected chi connectivity index (χ2v) is 8.71. The molecule has 0 aliphatic heterocycles. The minimum atomic E-state index is -0.667. The molecule has 0 aromatic heterocycles. The van der Waals surface area contributed by atoms with Crippen LogP contribution in [0.2, 0.25) is 0 Å². The first-order chi connectivity index (χ1) is 11.9. The Balaban J connectivity index is 1.71. The maximum absolute atomic E-state index is 13.2. The summed E-state index contributed by atoms with van der Waals surface area (Å²) in [6, 6.07) is 8.48. The first kappa shape index (κ1) is 18.4. The molecule has 2 fully saturated rings. The lowest BCUT2D eigenvalue weighted by atomic mass is 9.93. The van der Waals surface area contributed by atoms with E-state index in [0.29, 0.717) is 12.5 Å². The van der Waals surface area contributed by atoms with Gasteiger partial charge in [0.25, 0.3) is 5.91 Å². The van der Waals surface area contributed by atoms with Gasteiger partial charge >= 0.3 is 0 Å². The summed E-state index contributed by atoms with van der Waals surface area (Å²) < 4.78 is 0. The molecule has 3 rings (SSSR count). The molecule has 0 atom stereocenters. The lowest BCUT2D eigenvalue weighted by molar-refractivity contribution is 0.0622. The number of rotatable bonds is 7. The highest BCUT2D eigenvalue weighted by Crippen LogP contribution is 2.33. The van der Waals surface area contributed by atoms with Gasteiger partial charge in [0, 0.05) is 18.2 Å². The number of carbonyl (C=O) groups is 1. The molecule has 1 aromatic rings. The highest BCUT2D eigenvalue weighted by atomic mass is 16.3. The Kier molecular flexibility index (Phi) is 5.83. The van der Waals surface area contributed by atoms with E-state index in [-0.39, 0.29) is 5.91 Å². The van der Waals surface area contributed by atoms with E-state index in [9.17, 15) is 9.90 Å². The van der Waals surface area contributed by atoms with Gasteiger partial charge < -0.3 is 10.0 Å². The number of hydrogen-bond acceptors (Lipinski definition) is 2. The van der Waals surface area contributed by atoms with Crippen LogP contribution < -0.4 is 0 Å². The maximum atomic E-state index is 13.2. The SMILES string of the molecule is CC(C)(O)CCc1cccc(C(=O)N(CC2CC2)C2CCCCC2)c1. The molecule has 25 heavy (non-hydrogen) atoms. The number of amides is 1. The van der Waals surface area contributed by atoms with Crippen LogP contribution in [0, 0.1) is 5.92 Å². The summed E-state index contributed by atoms with van der Waals surface area (Å²) in [7, 11) is 0. The summed E-state index contributed by atoms with van der Waals surface area (Å²) in [5.74, 6) is 0.938. The van der Waals surface area contributed by atoms with Crippen molar-refractivity contribution in [2.24, 2.45) is 5.92 Å². The van der Waals surface area contributed by atoms with Gasteiger partial charge in [-0.15, -0.1) is 0 Å². The van der Waals surface area contributed by atoms with E-state index in [1.54, 1.807) is 0 Å². The van der Waals surface area contributed by atoms with Crippen LogP contribution in [0.25, 0.3) is 0 Å². The zero-order valence-corrected chi connectivity index (χ0v) is 15.8. The van der Waals surface area contributed by atoms with Crippen molar-refractivity contribution in [1.29, 1.82) is 0 Å². The Hall–Kier alpha value is -1.35. The van der Waals surface area contributed by atoms with Crippen LogP contribution in [0.4, 0.5) is 0 Å². The number of aliphatic hydroxyl groups is 1. The van der Waals surface area contributed by atoms with E-state index >= 15 is 0 Å². The summed E-state index contributed by atoms with van der Waals surface area (Å²) in [5.41, 5.74) is 1.29. The van der Waals surface area contributed by atoms with Gasteiger partial charge in [-0.1, -0.05) is 31.4 Å². The van der Waals surface area contributed by atoms with Crippen molar-refractivity contribution in [3.05, 3.63) is 35.4 Å². The molecule has 3 nitrogen and oxygen atoms in total. The van der Waals surface area contributed by atoms with Crippen LogP contribution in [-0.2, 0) is 6.42 Å². The third-order valence-corrected chi connectivity index (χ3v) is 5.63. The van der Waals surface area contributed by atoms with Crippen LogP contribution in [0.5, 0.6) is 0 Å². The van der Waals surface area contributed by atoms with E-state index in [2.05, 4.69) is 11.0 Å². The molecule has 2 aliphatic rings. The average Bonchev–Trinajstić information content (AvgIpc) is 3.42. The van der Waals surface area contributed by atoms with Gasteiger partial charge in [-0.3, -0.25) is 4.79 Å². The number of nitrogens with zero attached hydrogens (tertiary/aromatic N) is 1. The van der Waals surface area contributed by atoms with Crippen molar-refractivity contribution in [2.75, 3.05) is 6.54 Å². The van der Waals surface area contributed by atoms with Crippen LogP contribution >= 0.6 is 0 Å². The Morgan fingerprint density at radius 2 is 1.88 bits per heavy atom. The standard InChI is InChI=1S/C22H33NO2/c1-22(2,25)14-13-17-7-6-8-19(15-17)21(24)23(16-18-11-12-18)20-9-4-3-5-10-20/h6-8,15,18,20,25H,3-5,9-14,16H2,1-2H3. The second kappa shape index (κ2) is 7.90. The molecular formula is C22H33NO2. The Labute approximate surface area is 152 Å². The molecule has 2 aliphatic carbocycles. The summed E-state index contributed by atoms with van der Waals surface area (Å²) in [6.45, 7) is 4.61. The highest BCUT2D eigenvalue weighted by molar-refractivity contribution is 5.94. The molecule has 0 spiro atoms. The Morgan fingerprint density at radius 1 is 1.16 bits per heavy atom. The molecule has 2 saturated carbocycles. The predicted octanol–water partition coefficient (Wildman–Crippen LogP) is 4.58. The smallest absolute Gasteiger partial charge is 0.254 e. The third-order valence-electron chi connectivity index (χ3n) is 5.63. The van der Waals surface area contributed by atoms with Crippen LogP contribution in [0.1, 0.15) is 81.1 Å². The predicted molar refractivity (Wildman–Crippen MR) is 102 cm³/mol. The number of aryl methyl sites for hydroxylation is 1. The molecule has 3 heteroatoms. The molecular weight excluding hydrogens is 310 g/mol. The van der Waals surface area contributed by atoms with Crippen molar-refractivity contribution in [3.63, 3.8) is 0 Å². The highest BCUT2D eigenvalue weighted by Gasteiger charge is 2.32. The molecule has 0 radical (unpaired) electrons. The monoisotopic (exact) mass is 343 g/mol. The summed E-state index contributed by atoms with van der Waals surface area (Å²) in [5, 5.41) is 9.95. The average molecular weight is 344 g/mol. The summed E-state index contributed by atoms with van der Waals surface area (Å²) in [6.07, 6.45) is 10.2. The minimum absolute atomic E-state index is 0.212. The van der Waals surface area contributed by atoms with E-state index in [4.69, 9.17) is 0 Å². The number of carbonyl (C=O) groups excluding carboxylic acids is 1. The van der Waals surface area contributed by atoms with Gasteiger partial charge in [0.05, 0.1) is 5.60 Å². The maximum Gasteiger partial charge on any atom is 0.254 e. The van der Waals surface area contributed by atoms with E-state index in [1.165, 1.54) is 32.1 Å². The molecule has 1 amide bonds. The first-order valence-electron chi connectivity index (χ1n) is 10.0. The van der Waals surface area contributed by atoms with Gasteiger partial charge in [0.2, 0.25) is 0 Å². The minimum Gasteiger partial charge on any atom is -0.390 e. The van der Waals surface area contributed by atoms with Crippen molar-refractivity contribution >= 4 is 5.91 Å². The normalized spacial score (nSPS) is 19.0. The second-order valence-electron chi connectivity index (χ2n) is 8.71. The van der Waals surface area contributed by atoms with Gasteiger partial charge in [-0.05, 0) is 76.0 Å². The fourth-order valence-electron chi connectivity index (χ4n) is 3.85. The molecule has 0 heterocycles. The molecule has 1 aromatic carbocycles. The van der Waals surface area contributed by atoms with Gasteiger partial charge in [0.1, 0.15) is 0 Å². The molecule has 138 valence electrons. The topological polar surface area (TPSA) is 40.5 Å². The fourth-order valence-corrected chi connectivity index (χ4v) is 3.85. The molecule has 0 unspecified atom stereocenters. The molecule has 1 N–H and O–H groups in total. The Bertz CT molecular complexity index is 580. The number of benzene rings is 1. The zero-order chi connectivity index (χ0) is 17.9. The molecule has 0 bridgehead atoms. The lowest BCUT2D eigenvalue weighted by Gasteiger charge is -2.34. The first-order valence-corrected chi connectivity index (χ1v) is 10.0. The molecule has 0 saturated heterocycles. The zero-order valence-electron chi connectivity index (χ0n) is 15.8. The third kappa shape index (κ3) is 5.57. The summed E-state index contributed by atoms with van der Waals surface area (Å²) >= 11 is 0. The van der Waals surface area contributed by atoms with E-state index in [1.807, 2.05) is 32.0 Å². The van der Waals surface area contributed by atoms with Gasteiger partial charge in [-0.2, -0.15) is 0 Å². The summed E-state index contributed by atoms with van der Waals surface area (Å²) in [4.78, 5) is 15.4. The number of hydrogen-bond donors (Lipinski definition) is 1. The van der Waals surface area contributed by atoms with Crippen molar-refractivity contribution < 1.29 is 9.90 Å². The Morgan fingerprint density at radius 3 is 2.52 bits per heavy atom. The van der Waals surface area contributed by atoms with Crippen LogP contribution in [-0.4, -0.2) is 34.1 Å².